The second kappa shape index (κ2) is 8.16. The number of nitrogens with zero attached hydrogens (tertiary/aromatic N) is 1. The molecule has 0 radical (unpaired) electrons. The van der Waals surface area contributed by atoms with E-state index in [0.717, 1.165) is 6.07 Å². The third-order valence-electron chi connectivity index (χ3n) is 3.86. The maximum Gasteiger partial charge on any atom is 0.460 e. The SMILES string of the molecule is Cc1ccc(Cl)cc1N(C(=O)C(F)(F)C(F)(F)C(F)(F)F)C(=O)C(F)(F)C(F)(F)C(F)(F)F. The molecule has 3 nitrogen and oxygen atoms in total. The van der Waals surface area contributed by atoms with Crippen LogP contribution in [-0.2, 0) is 9.59 Å². The largest absolute Gasteiger partial charge is 0.460 e. The maximum absolute atomic E-state index is 13.8. The molecule has 188 valence electrons. The molecule has 0 spiro atoms. The number of benzene rings is 1. The minimum Gasteiger partial charge on any atom is -0.267 e. The van der Waals surface area contributed by atoms with Crippen molar-refractivity contribution in [2.24, 2.45) is 0 Å². The fourth-order valence-electron chi connectivity index (χ4n) is 2.04. The predicted octanol–water partition coefficient (Wildman–Crippen LogP) is 6.17. The molecule has 1 aromatic carbocycles. The molecule has 0 N–H and O–H groups in total. The summed E-state index contributed by atoms with van der Waals surface area (Å²) in [6.45, 7) is 0.610. The lowest BCUT2D eigenvalue weighted by Gasteiger charge is -2.35. The number of carbonyl (C=O) groups excluding carboxylic acids is 2. The monoisotopic (exact) mass is 533 g/mol. The van der Waals surface area contributed by atoms with Crippen LogP contribution >= 0.6 is 11.6 Å². The van der Waals surface area contributed by atoms with Crippen molar-refractivity contribution in [3.63, 3.8) is 0 Å². The van der Waals surface area contributed by atoms with Crippen LogP contribution in [0.5, 0.6) is 0 Å². The van der Waals surface area contributed by atoms with E-state index < -0.39 is 69.0 Å². The van der Waals surface area contributed by atoms with Gasteiger partial charge in [-0.05, 0) is 24.6 Å². The highest BCUT2D eigenvalue weighted by Gasteiger charge is 2.80. The number of carbonyl (C=O) groups is 2. The van der Waals surface area contributed by atoms with Crippen molar-refractivity contribution >= 4 is 29.1 Å². The average molecular weight is 534 g/mol. The van der Waals surface area contributed by atoms with Crippen LogP contribution < -0.4 is 4.90 Å². The Labute approximate surface area is 177 Å². The molecular formula is C15H6ClF14NO2. The average Bonchev–Trinajstić information content (AvgIpc) is 2.62. The van der Waals surface area contributed by atoms with Gasteiger partial charge in [-0.2, -0.15) is 61.5 Å². The fraction of sp³-hybridized carbons (Fsp3) is 0.467. The van der Waals surface area contributed by atoms with E-state index in [1.807, 2.05) is 0 Å². The van der Waals surface area contributed by atoms with Gasteiger partial charge in [0.2, 0.25) is 0 Å². The van der Waals surface area contributed by atoms with Crippen LogP contribution in [0, 0.1) is 6.92 Å². The van der Waals surface area contributed by atoms with Gasteiger partial charge in [0.15, 0.2) is 0 Å². The highest BCUT2D eigenvalue weighted by molar-refractivity contribution is 6.31. The molecule has 2 amide bonds. The number of rotatable bonds is 5. The van der Waals surface area contributed by atoms with Gasteiger partial charge in [-0.3, -0.25) is 9.59 Å². The van der Waals surface area contributed by atoms with E-state index in [9.17, 15) is 71.1 Å². The smallest absolute Gasteiger partial charge is 0.267 e. The Balaban J connectivity index is 3.90. The first kappa shape index (κ1) is 28.7. The molecule has 0 aromatic heterocycles. The predicted molar refractivity (Wildman–Crippen MR) is 80.6 cm³/mol. The summed E-state index contributed by atoms with van der Waals surface area (Å²) in [6.07, 6.45) is -14.5. The molecule has 33 heavy (non-hydrogen) atoms. The number of amides is 2. The van der Waals surface area contributed by atoms with E-state index in [2.05, 4.69) is 0 Å². The fourth-order valence-corrected chi connectivity index (χ4v) is 2.21. The first-order valence-electron chi connectivity index (χ1n) is 7.65. The number of halogens is 15. The Hall–Kier alpha value is -2.33. The zero-order chi connectivity index (χ0) is 26.6. The van der Waals surface area contributed by atoms with Gasteiger partial charge in [-0.25, -0.2) is 4.90 Å². The highest BCUT2D eigenvalue weighted by Crippen LogP contribution is 2.50. The third kappa shape index (κ3) is 4.55. The van der Waals surface area contributed by atoms with Gasteiger partial charge in [0.1, 0.15) is 0 Å². The van der Waals surface area contributed by atoms with Crippen molar-refractivity contribution in [2.45, 2.75) is 43.0 Å². The molecule has 0 heterocycles. The molecule has 0 unspecified atom stereocenters. The van der Waals surface area contributed by atoms with Crippen molar-refractivity contribution < 1.29 is 71.1 Å². The Kier molecular flexibility index (Phi) is 7.10. The van der Waals surface area contributed by atoms with E-state index in [0.29, 0.717) is 13.0 Å². The number of anilines is 1. The lowest BCUT2D eigenvalue weighted by molar-refractivity contribution is -0.345. The topological polar surface area (TPSA) is 37.4 Å². The molecule has 0 saturated heterocycles. The zero-order valence-electron chi connectivity index (χ0n) is 15.2. The Morgan fingerprint density at radius 1 is 0.697 bits per heavy atom. The Morgan fingerprint density at radius 3 is 1.33 bits per heavy atom. The molecule has 1 aromatic rings. The molecule has 0 aliphatic rings. The van der Waals surface area contributed by atoms with Crippen molar-refractivity contribution in [1.29, 1.82) is 0 Å². The number of imide groups is 1. The zero-order valence-corrected chi connectivity index (χ0v) is 15.9. The number of hydrogen-bond acceptors (Lipinski definition) is 2. The van der Waals surface area contributed by atoms with Gasteiger partial charge in [0, 0.05) is 5.02 Å². The number of aryl methyl sites for hydroxylation is 1. The van der Waals surface area contributed by atoms with E-state index in [4.69, 9.17) is 11.6 Å². The van der Waals surface area contributed by atoms with Crippen molar-refractivity contribution in [3.8, 4) is 0 Å². The van der Waals surface area contributed by atoms with Gasteiger partial charge in [0.05, 0.1) is 5.69 Å². The third-order valence-corrected chi connectivity index (χ3v) is 4.09. The van der Waals surface area contributed by atoms with Gasteiger partial charge in [-0.1, -0.05) is 17.7 Å². The van der Waals surface area contributed by atoms with Gasteiger partial charge >= 0.3 is 47.9 Å². The molecule has 0 fully saturated rings. The summed E-state index contributed by atoms with van der Waals surface area (Å²) in [4.78, 5) is 21.7. The van der Waals surface area contributed by atoms with Gasteiger partial charge in [-0.15, -0.1) is 0 Å². The molecule has 0 aliphatic carbocycles. The Morgan fingerprint density at radius 2 is 1.03 bits per heavy atom. The summed E-state index contributed by atoms with van der Waals surface area (Å²) < 4.78 is 182. The van der Waals surface area contributed by atoms with E-state index >= 15 is 0 Å². The summed E-state index contributed by atoms with van der Waals surface area (Å²) in [7, 11) is 0. The molecule has 1 rings (SSSR count). The van der Waals surface area contributed by atoms with E-state index in [-0.39, 0.29) is 6.07 Å². The van der Waals surface area contributed by atoms with E-state index in [1.165, 1.54) is 0 Å². The van der Waals surface area contributed by atoms with Crippen LogP contribution in [-0.4, -0.2) is 47.9 Å². The second-order valence-electron chi connectivity index (χ2n) is 6.17. The normalized spacial score (nSPS) is 14.3. The highest BCUT2D eigenvalue weighted by atomic mass is 35.5. The maximum atomic E-state index is 13.8. The molecule has 0 saturated carbocycles. The minimum atomic E-state index is -7.38. The molecule has 0 aliphatic heterocycles. The summed E-state index contributed by atoms with van der Waals surface area (Å²) in [5.74, 6) is -37.4. The summed E-state index contributed by atoms with van der Waals surface area (Å²) in [5.41, 5.74) is -2.67. The molecule has 0 atom stereocenters. The van der Waals surface area contributed by atoms with Crippen molar-refractivity contribution in [3.05, 3.63) is 28.8 Å². The van der Waals surface area contributed by atoms with Crippen LogP contribution in [0.3, 0.4) is 0 Å². The van der Waals surface area contributed by atoms with Crippen LogP contribution in [0.2, 0.25) is 5.02 Å². The Bertz CT molecular complexity index is 888. The standard InChI is InChI=1S/C15H6ClF14NO2/c1-5-2-3-6(16)4-7(5)31(8(32)10(17,18)12(21,22)14(25,26)27)9(33)11(19,20)13(23,24)15(28,29)30/h2-4H,1H3. The second-order valence-corrected chi connectivity index (χ2v) is 6.61. The van der Waals surface area contributed by atoms with Gasteiger partial charge < -0.3 is 0 Å². The number of alkyl halides is 14. The van der Waals surface area contributed by atoms with Gasteiger partial charge in [0.25, 0.3) is 0 Å². The molecule has 0 bridgehead atoms. The molecule has 18 heteroatoms. The minimum absolute atomic E-state index is 0.0241. The lowest BCUT2D eigenvalue weighted by atomic mass is 10.0. The van der Waals surface area contributed by atoms with Crippen LogP contribution in [0.4, 0.5) is 67.2 Å². The van der Waals surface area contributed by atoms with E-state index in [1.54, 1.807) is 0 Å². The first-order valence-corrected chi connectivity index (χ1v) is 8.03. The van der Waals surface area contributed by atoms with Crippen molar-refractivity contribution in [1.82, 2.24) is 0 Å². The summed E-state index contributed by atoms with van der Waals surface area (Å²) >= 11 is 5.34. The molecular weight excluding hydrogens is 528 g/mol. The van der Waals surface area contributed by atoms with Crippen molar-refractivity contribution in [2.75, 3.05) is 4.90 Å². The quantitative estimate of drug-likeness (QED) is 0.425. The van der Waals surface area contributed by atoms with Crippen LogP contribution in [0.25, 0.3) is 0 Å². The summed E-state index contributed by atoms with van der Waals surface area (Å²) in [6, 6.07) is 1.35. The number of hydrogen-bond donors (Lipinski definition) is 0. The van der Waals surface area contributed by atoms with Crippen LogP contribution in [0.15, 0.2) is 18.2 Å². The van der Waals surface area contributed by atoms with Crippen LogP contribution in [0.1, 0.15) is 5.56 Å². The summed E-state index contributed by atoms with van der Waals surface area (Å²) in [5, 5.41) is -0.807. The lowest BCUT2D eigenvalue weighted by Crippen LogP contribution is -2.66. The first-order chi connectivity index (χ1) is 14.4.